The second-order valence-electron chi connectivity index (χ2n) is 6.48. The first-order valence-electron chi connectivity index (χ1n) is 8.46. The maximum atomic E-state index is 6.07. The molecule has 4 nitrogen and oxygen atoms in total. The van der Waals surface area contributed by atoms with Crippen LogP contribution in [0, 0.1) is 5.92 Å². The summed E-state index contributed by atoms with van der Waals surface area (Å²) >= 11 is 0. The van der Waals surface area contributed by atoms with Crippen molar-refractivity contribution < 1.29 is 4.74 Å². The van der Waals surface area contributed by atoms with E-state index in [-0.39, 0.29) is 11.6 Å². The van der Waals surface area contributed by atoms with Crippen LogP contribution in [0.5, 0.6) is 0 Å². The van der Waals surface area contributed by atoms with Crippen molar-refractivity contribution in [3.05, 3.63) is 18.0 Å². The van der Waals surface area contributed by atoms with Gasteiger partial charge < -0.3 is 10.1 Å². The highest BCUT2D eigenvalue weighted by Crippen LogP contribution is 2.42. The maximum absolute atomic E-state index is 6.07. The van der Waals surface area contributed by atoms with E-state index in [0.717, 1.165) is 38.3 Å². The number of hydrogen-bond acceptors (Lipinski definition) is 3. The number of nitrogens with one attached hydrogen (secondary N) is 1. The van der Waals surface area contributed by atoms with Crippen LogP contribution in [0.4, 0.5) is 0 Å². The molecule has 0 saturated heterocycles. The van der Waals surface area contributed by atoms with E-state index in [4.69, 9.17) is 4.74 Å². The van der Waals surface area contributed by atoms with Gasteiger partial charge in [0, 0.05) is 25.4 Å². The van der Waals surface area contributed by atoms with E-state index < -0.39 is 0 Å². The lowest BCUT2D eigenvalue weighted by Crippen LogP contribution is -2.47. The van der Waals surface area contributed by atoms with Crippen molar-refractivity contribution in [2.75, 3.05) is 13.7 Å². The minimum Gasteiger partial charge on any atom is -0.376 e. The molecule has 1 saturated carbocycles. The minimum absolute atomic E-state index is 0.0808. The van der Waals surface area contributed by atoms with Crippen molar-refractivity contribution in [1.82, 2.24) is 15.1 Å². The lowest BCUT2D eigenvalue weighted by Gasteiger charge is -2.44. The van der Waals surface area contributed by atoms with E-state index in [1.807, 2.05) is 13.3 Å². The Hall–Kier alpha value is -0.870. The topological polar surface area (TPSA) is 39.1 Å². The van der Waals surface area contributed by atoms with E-state index in [0.29, 0.717) is 0 Å². The summed E-state index contributed by atoms with van der Waals surface area (Å²) in [5, 5.41) is 8.16. The van der Waals surface area contributed by atoms with Crippen molar-refractivity contribution in [2.24, 2.45) is 5.92 Å². The Labute approximate surface area is 129 Å². The molecule has 1 aliphatic rings. The smallest absolute Gasteiger partial charge is 0.0873 e. The number of aromatic nitrogens is 2. The minimum atomic E-state index is -0.0808. The lowest BCUT2D eigenvalue weighted by molar-refractivity contribution is -0.0757. The highest BCUT2D eigenvalue weighted by Gasteiger charge is 2.42. The van der Waals surface area contributed by atoms with Crippen molar-refractivity contribution >= 4 is 0 Å². The third-order valence-electron chi connectivity index (χ3n) is 4.90. The van der Waals surface area contributed by atoms with Gasteiger partial charge in [0.1, 0.15) is 0 Å². The standard InChI is InChI=1S/C17H31N3O/c1-5-11-20-13-15(12-19-20)16(18-6-2)17(21-4)9-7-14(3)8-10-17/h12-14,16,18H,5-11H2,1-4H3. The molecule has 1 aromatic rings. The Balaban J connectivity index is 2.22. The van der Waals surface area contributed by atoms with Crippen molar-refractivity contribution in [2.45, 2.75) is 71.1 Å². The fraction of sp³-hybridized carbons (Fsp3) is 0.824. The number of likely N-dealkylation sites (N-methyl/N-ethyl adjacent to an activating group) is 1. The number of rotatable bonds is 7. The average Bonchev–Trinajstić information content (AvgIpc) is 2.95. The second kappa shape index (κ2) is 7.41. The maximum Gasteiger partial charge on any atom is 0.0873 e. The molecule has 2 rings (SSSR count). The first-order chi connectivity index (χ1) is 10.1. The Bertz CT molecular complexity index is 421. The second-order valence-corrected chi connectivity index (χ2v) is 6.48. The quantitative estimate of drug-likeness (QED) is 0.836. The molecule has 0 aliphatic heterocycles. The Morgan fingerprint density at radius 3 is 2.71 bits per heavy atom. The molecule has 1 unspecified atom stereocenters. The summed E-state index contributed by atoms with van der Waals surface area (Å²) in [5.74, 6) is 0.818. The van der Waals surface area contributed by atoms with Gasteiger partial charge in [0.2, 0.25) is 0 Å². The fourth-order valence-electron chi connectivity index (χ4n) is 3.55. The lowest BCUT2D eigenvalue weighted by atomic mass is 9.74. The van der Waals surface area contributed by atoms with Crippen LogP contribution in [0.2, 0.25) is 0 Å². The summed E-state index contributed by atoms with van der Waals surface area (Å²) in [6, 6.07) is 0.241. The fourth-order valence-corrected chi connectivity index (χ4v) is 3.55. The van der Waals surface area contributed by atoms with Gasteiger partial charge in [-0.25, -0.2) is 0 Å². The van der Waals surface area contributed by atoms with Gasteiger partial charge in [0.25, 0.3) is 0 Å². The molecule has 21 heavy (non-hydrogen) atoms. The van der Waals surface area contributed by atoms with Gasteiger partial charge in [-0.05, 0) is 44.6 Å². The molecular formula is C17H31N3O. The van der Waals surface area contributed by atoms with Crippen LogP contribution in [0.1, 0.15) is 64.5 Å². The van der Waals surface area contributed by atoms with Gasteiger partial charge in [0.05, 0.1) is 17.8 Å². The van der Waals surface area contributed by atoms with E-state index in [1.165, 1.54) is 18.4 Å². The van der Waals surface area contributed by atoms with E-state index in [1.54, 1.807) is 0 Å². The summed E-state index contributed by atoms with van der Waals surface area (Å²) in [4.78, 5) is 0. The van der Waals surface area contributed by atoms with Crippen LogP contribution in [-0.4, -0.2) is 29.0 Å². The van der Waals surface area contributed by atoms with Crippen molar-refractivity contribution in [3.8, 4) is 0 Å². The molecule has 0 bridgehead atoms. The molecule has 1 aliphatic carbocycles. The summed E-state index contributed by atoms with van der Waals surface area (Å²) in [6.07, 6.45) is 10.1. The third kappa shape index (κ3) is 3.67. The van der Waals surface area contributed by atoms with E-state index in [9.17, 15) is 0 Å². The SMILES string of the molecule is CCCn1cc(C(NCC)C2(OC)CCC(C)CC2)cn1. The summed E-state index contributed by atoms with van der Waals surface area (Å²) in [7, 11) is 1.87. The van der Waals surface area contributed by atoms with Crippen molar-refractivity contribution in [1.29, 1.82) is 0 Å². The Morgan fingerprint density at radius 1 is 1.43 bits per heavy atom. The molecule has 1 fully saturated rings. The highest BCUT2D eigenvalue weighted by molar-refractivity contribution is 5.17. The highest BCUT2D eigenvalue weighted by atomic mass is 16.5. The van der Waals surface area contributed by atoms with Gasteiger partial charge in [-0.1, -0.05) is 20.8 Å². The van der Waals surface area contributed by atoms with Gasteiger partial charge in [-0.2, -0.15) is 5.10 Å². The zero-order valence-electron chi connectivity index (χ0n) is 14.1. The number of ether oxygens (including phenoxy) is 1. The molecule has 0 radical (unpaired) electrons. The molecule has 1 aromatic heterocycles. The predicted octanol–water partition coefficient (Wildman–Crippen LogP) is 3.54. The Morgan fingerprint density at radius 2 is 2.14 bits per heavy atom. The zero-order chi connectivity index (χ0) is 15.3. The van der Waals surface area contributed by atoms with Crippen molar-refractivity contribution in [3.63, 3.8) is 0 Å². The first kappa shape index (κ1) is 16.5. The average molecular weight is 293 g/mol. The number of hydrogen-bond donors (Lipinski definition) is 1. The van der Waals surface area contributed by atoms with Crippen LogP contribution in [0.3, 0.4) is 0 Å². The van der Waals surface area contributed by atoms with Crippen LogP contribution < -0.4 is 5.32 Å². The largest absolute Gasteiger partial charge is 0.376 e. The molecular weight excluding hydrogens is 262 g/mol. The van der Waals surface area contributed by atoms with Gasteiger partial charge in [-0.15, -0.1) is 0 Å². The van der Waals surface area contributed by atoms with Crippen LogP contribution >= 0.6 is 0 Å². The molecule has 0 aromatic carbocycles. The molecule has 0 spiro atoms. The number of nitrogens with zero attached hydrogens (tertiary/aromatic N) is 2. The third-order valence-corrected chi connectivity index (χ3v) is 4.90. The predicted molar refractivity (Wildman–Crippen MR) is 86.3 cm³/mol. The van der Waals surface area contributed by atoms with Crippen LogP contribution in [0.15, 0.2) is 12.4 Å². The molecule has 4 heteroatoms. The Kier molecular flexibility index (Phi) is 5.82. The summed E-state index contributed by atoms with van der Waals surface area (Å²) < 4.78 is 8.12. The van der Waals surface area contributed by atoms with Gasteiger partial charge in [-0.3, -0.25) is 4.68 Å². The molecule has 1 heterocycles. The van der Waals surface area contributed by atoms with Crippen LogP contribution in [0.25, 0.3) is 0 Å². The van der Waals surface area contributed by atoms with Gasteiger partial charge in [0.15, 0.2) is 0 Å². The van der Waals surface area contributed by atoms with E-state index >= 15 is 0 Å². The van der Waals surface area contributed by atoms with Crippen LogP contribution in [-0.2, 0) is 11.3 Å². The molecule has 0 amide bonds. The zero-order valence-corrected chi connectivity index (χ0v) is 14.1. The normalized spacial score (nSPS) is 27.7. The molecule has 120 valence electrons. The first-order valence-corrected chi connectivity index (χ1v) is 8.46. The summed E-state index contributed by atoms with van der Waals surface area (Å²) in [6.45, 7) is 8.63. The van der Waals surface area contributed by atoms with E-state index in [2.05, 4.69) is 42.1 Å². The summed E-state index contributed by atoms with van der Waals surface area (Å²) in [5.41, 5.74) is 1.18. The number of aryl methyl sites for hydroxylation is 1. The molecule has 1 atom stereocenters. The monoisotopic (exact) mass is 293 g/mol. The van der Waals surface area contributed by atoms with Gasteiger partial charge >= 0.3 is 0 Å². The molecule has 1 N–H and O–H groups in total. The number of methoxy groups -OCH3 is 1.